The third kappa shape index (κ3) is 2.71. The molecule has 1 amide bonds. The van der Waals surface area contributed by atoms with Crippen molar-refractivity contribution >= 4 is 5.91 Å². The van der Waals surface area contributed by atoms with Gasteiger partial charge in [0.25, 0.3) is 0 Å². The summed E-state index contributed by atoms with van der Waals surface area (Å²) in [6.07, 6.45) is 1.07. The fraction of sp³-hybridized carbons (Fsp3) is 0.909. The van der Waals surface area contributed by atoms with Gasteiger partial charge in [-0.3, -0.25) is 4.79 Å². The van der Waals surface area contributed by atoms with Gasteiger partial charge in [-0.1, -0.05) is 27.7 Å². The summed E-state index contributed by atoms with van der Waals surface area (Å²) in [5.74, 6) is 1.15. The number of hydrogen-bond acceptors (Lipinski definition) is 1. The average Bonchev–Trinajstić information content (AvgIpc) is 2.64. The first kappa shape index (κ1) is 10.6. The van der Waals surface area contributed by atoms with Crippen molar-refractivity contribution in [1.82, 2.24) is 5.32 Å². The molecule has 0 aromatic carbocycles. The molecule has 2 nitrogen and oxygen atoms in total. The number of amides is 1. The second-order valence-corrected chi connectivity index (χ2v) is 5.42. The molecule has 0 aromatic rings. The fourth-order valence-corrected chi connectivity index (χ4v) is 1.22. The summed E-state index contributed by atoms with van der Waals surface area (Å²) in [6, 6.07) is 0.257. The van der Waals surface area contributed by atoms with E-state index >= 15 is 0 Å². The summed E-state index contributed by atoms with van der Waals surface area (Å²) >= 11 is 0. The monoisotopic (exact) mass is 183 g/mol. The molecule has 1 N–H and O–H groups in total. The van der Waals surface area contributed by atoms with Crippen LogP contribution in [0.15, 0.2) is 0 Å². The van der Waals surface area contributed by atoms with Crippen molar-refractivity contribution in [2.45, 2.75) is 47.1 Å². The Morgan fingerprint density at radius 2 is 1.92 bits per heavy atom. The van der Waals surface area contributed by atoms with Crippen LogP contribution in [0, 0.1) is 17.3 Å². The molecule has 76 valence electrons. The van der Waals surface area contributed by atoms with E-state index in [0.29, 0.717) is 11.8 Å². The second-order valence-electron chi connectivity index (χ2n) is 5.42. The summed E-state index contributed by atoms with van der Waals surface area (Å²) in [6.45, 7) is 10.6. The van der Waals surface area contributed by atoms with Crippen molar-refractivity contribution < 1.29 is 4.79 Å². The number of rotatable bonds is 2. The normalized spacial score (nSPS) is 29.6. The molecule has 0 bridgehead atoms. The average molecular weight is 183 g/mol. The van der Waals surface area contributed by atoms with Crippen LogP contribution in [0.25, 0.3) is 0 Å². The molecule has 0 aromatic heterocycles. The lowest BCUT2D eigenvalue weighted by Crippen LogP contribution is -2.42. The van der Waals surface area contributed by atoms with Gasteiger partial charge >= 0.3 is 0 Å². The maximum Gasteiger partial charge on any atom is 0.223 e. The Morgan fingerprint density at radius 1 is 1.46 bits per heavy atom. The minimum Gasteiger partial charge on any atom is -0.353 e. The molecular weight excluding hydrogens is 162 g/mol. The van der Waals surface area contributed by atoms with E-state index in [1.807, 2.05) is 0 Å². The van der Waals surface area contributed by atoms with Crippen LogP contribution in [0.1, 0.15) is 41.0 Å². The van der Waals surface area contributed by atoms with Crippen LogP contribution in [-0.2, 0) is 4.79 Å². The van der Waals surface area contributed by atoms with Gasteiger partial charge in [-0.05, 0) is 24.7 Å². The van der Waals surface area contributed by atoms with Gasteiger partial charge in [0.15, 0.2) is 0 Å². The minimum absolute atomic E-state index is 0.161. The van der Waals surface area contributed by atoms with Crippen molar-refractivity contribution in [2.75, 3.05) is 0 Å². The van der Waals surface area contributed by atoms with Gasteiger partial charge in [-0.15, -0.1) is 0 Å². The Bertz CT molecular complexity index is 205. The first-order chi connectivity index (χ1) is 5.82. The fourth-order valence-electron chi connectivity index (χ4n) is 1.22. The third-order valence-electron chi connectivity index (χ3n) is 3.10. The Balaban J connectivity index is 2.36. The van der Waals surface area contributed by atoms with Gasteiger partial charge in [-0.2, -0.15) is 0 Å². The standard InChI is InChI=1S/C11H21NO/c1-7-6-9(7)10(13)12-8(2)11(3,4)5/h7-9H,6H2,1-5H3,(H,12,13)/t7-,8?,9-/m0/s1. The molecule has 13 heavy (non-hydrogen) atoms. The molecule has 0 radical (unpaired) electrons. The molecule has 0 aliphatic heterocycles. The number of carbonyl (C=O) groups excluding carboxylic acids is 1. The first-order valence-corrected chi connectivity index (χ1v) is 5.12. The number of nitrogens with one attached hydrogen (secondary N) is 1. The molecule has 0 saturated heterocycles. The second kappa shape index (κ2) is 3.32. The highest BCUT2D eigenvalue weighted by molar-refractivity contribution is 5.81. The van der Waals surface area contributed by atoms with Crippen molar-refractivity contribution in [3.63, 3.8) is 0 Å². The Kier molecular flexibility index (Phi) is 2.69. The largest absolute Gasteiger partial charge is 0.353 e. The topological polar surface area (TPSA) is 29.1 Å². The first-order valence-electron chi connectivity index (χ1n) is 5.12. The van der Waals surface area contributed by atoms with Crippen LogP contribution >= 0.6 is 0 Å². The summed E-state index contributed by atoms with van der Waals surface area (Å²) < 4.78 is 0. The lowest BCUT2D eigenvalue weighted by molar-refractivity contribution is -0.123. The highest BCUT2D eigenvalue weighted by Gasteiger charge is 2.40. The lowest BCUT2D eigenvalue weighted by Gasteiger charge is -2.28. The van der Waals surface area contributed by atoms with E-state index in [9.17, 15) is 4.79 Å². The van der Waals surface area contributed by atoms with E-state index in [4.69, 9.17) is 0 Å². The summed E-state index contributed by atoms with van der Waals surface area (Å²) in [7, 11) is 0. The molecule has 1 saturated carbocycles. The van der Waals surface area contributed by atoms with Gasteiger partial charge in [0.2, 0.25) is 5.91 Å². The zero-order valence-corrected chi connectivity index (χ0v) is 9.35. The van der Waals surface area contributed by atoms with Crippen molar-refractivity contribution in [1.29, 1.82) is 0 Å². The maximum atomic E-state index is 11.6. The highest BCUT2D eigenvalue weighted by Crippen LogP contribution is 2.38. The van der Waals surface area contributed by atoms with Crippen molar-refractivity contribution in [2.24, 2.45) is 17.3 Å². The minimum atomic E-state index is 0.161. The molecule has 1 aliphatic carbocycles. The quantitative estimate of drug-likeness (QED) is 0.698. The summed E-state index contributed by atoms with van der Waals surface area (Å²) in [5, 5.41) is 3.07. The van der Waals surface area contributed by atoms with Crippen LogP contribution < -0.4 is 5.32 Å². The summed E-state index contributed by atoms with van der Waals surface area (Å²) in [5.41, 5.74) is 0.161. The Labute approximate surface area is 81.1 Å². The van der Waals surface area contributed by atoms with Crippen LogP contribution in [0.4, 0.5) is 0 Å². The molecule has 0 heterocycles. The predicted octanol–water partition coefficient (Wildman–Crippen LogP) is 2.19. The van der Waals surface area contributed by atoms with E-state index in [2.05, 4.69) is 39.9 Å². The molecular formula is C11H21NO. The molecule has 1 fully saturated rings. The van der Waals surface area contributed by atoms with Gasteiger partial charge in [0, 0.05) is 12.0 Å². The van der Waals surface area contributed by atoms with E-state index in [1.54, 1.807) is 0 Å². The maximum absolute atomic E-state index is 11.6. The Morgan fingerprint density at radius 3 is 2.23 bits per heavy atom. The highest BCUT2D eigenvalue weighted by atomic mass is 16.2. The van der Waals surface area contributed by atoms with Gasteiger partial charge in [-0.25, -0.2) is 0 Å². The van der Waals surface area contributed by atoms with Crippen LogP contribution in [0.5, 0.6) is 0 Å². The Hall–Kier alpha value is -0.530. The van der Waals surface area contributed by atoms with Gasteiger partial charge in [0.1, 0.15) is 0 Å². The molecule has 1 aliphatic rings. The SMILES string of the molecule is CC(NC(=O)[C@H]1C[C@@H]1C)C(C)(C)C. The zero-order valence-electron chi connectivity index (χ0n) is 9.35. The van der Waals surface area contributed by atoms with Crippen LogP contribution in [0.3, 0.4) is 0 Å². The smallest absolute Gasteiger partial charge is 0.223 e. The summed E-state index contributed by atoms with van der Waals surface area (Å²) in [4.78, 5) is 11.6. The van der Waals surface area contributed by atoms with Crippen LogP contribution in [-0.4, -0.2) is 11.9 Å². The zero-order chi connectivity index (χ0) is 10.2. The third-order valence-corrected chi connectivity index (χ3v) is 3.10. The molecule has 0 spiro atoms. The molecule has 1 unspecified atom stereocenters. The van der Waals surface area contributed by atoms with E-state index in [-0.39, 0.29) is 17.4 Å². The molecule has 3 atom stereocenters. The van der Waals surface area contributed by atoms with Crippen LogP contribution in [0.2, 0.25) is 0 Å². The molecule has 1 rings (SSSR count). The number of carbonyl (C=O) groups is 1. The lowest BCUT2D eigenvalue weighted by atomic mass is 9.88. The van der Waals surface area contributed by atoms with E-state index in [1.165, 1.54) is 0 Å². The number of hydrogen-bond donors (Lipinski definition) is 1. The van der Waals surface area contributed by atoms with E-state index < -0.39 is 0 Å². The predicted molar refractivity (Wildman–Crippen MR) is 54.3 cm³/mol. The van der Waals surface area contributed by atoms with E-state index in [0.717, 1.165) is 6.42 Å². The van der Waals surface area contributed by atoms with Gasteiger partial charge < -0.3 is 5.32 Å². The van der Waals surface area contributed by atoms with Crippen molar-refractivity contribution in [3.05, 3.63) is 0 Å². The van der Waals surface area contributed by atoms with Crippen molar-refractivity contribution in [3.8, 4) is 0 Å². The van der Waals surface area contributed by atoms with Gasteiger partial charge in [0.05, 0.1) is 0 Å². The molecule has 2 heteroatoms.